The Bertz CT molecular complexity index is 692. The van der Waals surface area contributed by atoms with E-state index in [0.717, 1.165) is 24.3 Å². The predicted octanol–water partition coefficient (Wildman–Crippen LogP) is 4.19. The van der Waals surface area contributed by atoms with Crippen LogP contribution in [0.15, 0.2) is 36.4 Å². The third-order valence-electron chi connectivity index (χ3n) is 2.92. The molecule has 0 aliphatic rings. The number of non-ortho nitro benzene ring substituents is 1. The Morgan fingerprint density at radius 2 is 1.81 bits per heavy atom. The molecule has 7 heteroatoms. The highest BCUT2D eigenvalue weighted by Gasteiger charge is 2.13. The molecule has 0 aliphatic heterocycles. The van der Waals surface area contributed by atoms with Crippen molar-refractivity contribution < 1.29 is 18.1 Å². The number of hydrogen-bond acceptors (Lipinski definition) is 3. The van der Waals surface area contributed by atoms with Crippen molar-refractivity contribution in [1.82, 2.24) is 0 Å². The van der Waals surface area contributed by atoms with Gasteiger partial charge in [-0.1, -0.05) is 6.07 Å². The van der Waals surface area contributed by atoms with Gasteiger partial charge in [0.1, 0.15) is 5.82 Å². The first-order chi connectivity index (χ1) is 9.86. The number of benzene rings is 2. The van der Waals surface area contributed by atoms with Crippen LogP contribution in [0.3, 0.4) is 0 Å². The van der Waals surface area contributed by atoms with E-state index in [4.69, 9.17) is 0 Å². The van der Waals surface area contributed by atoms with Gasteiger partial charge >= 0.3 is 0 Å². The molecule has 1 atom stereocenters. The van der Waals surface area contributed by atoms with Crippen LogP contribution in [-0.2, 0) is 0 Å². The van der Waals surface area contributed by atoms with Crippen LogP contribution in [0.2, 0.25) is 0 Å². The number of halogens is 3. The van der Waals surface area contributed by atoms with Crippen molar-refractivity contribution >= 4 is 11.4 Å². The summed E-state index contributed by atoms with van der Waals surface area (Å²) in [5.74, 6) is -2.72. The fourth-order valence-electron chi connectivity index (χ4n) is 1.88. The van der Waals surface area contributed by atoms with Gasteiger partial charge in [0.15, 0.2) is 11.6 Å². The maximum Gasteiger partial charge on any atom is 0.274 e. The molecule has 2 aromatic carbocycles. The number of nitrogens with zero attached hydrogens (tertiary/aromatic N) is 1. The van der Waals surface area contributed by atoms with Crippen molar-refractivity contribution in [1.29, 1.82) is 0 Å². The minimum atomic E-state index is -0.994. The van der Waals surface area contributed by atoms with Crippen LogP contribution in [0.1, 0.15) is 18.5 Å². The maximum absolute atomic E-state index is 13.3. The summed E-state index contributed by atoms with van der Waals surface area (Å²) in [7, 11) is 0. The monoisotopic (exact) mass is 296 g/mol. The van der Waals surface area contributed by atoms with Gasteiger partial charge in [0.2, 0.25) is 0 Å². The molecule has 2 rings (SSSR count). The summed E-state index contributed by atoms with van der Waals surface area (Å²) >= 11 is 0. The molecule has 21 heavy (non-hydrogen) atoms. The average Bonchev–Trinajstić information content (AvgIpc) is 2.41. The van der Waals surface area contributed by atoms with Gasteiger partial charge in [-0.3, -0.25) is 10.1 Å². The van der Waals surface area contributed by atoms with Crippen molar-refractivity contribution in [2.45, 2.75) is 13.0 Å². The highest BCUT2D eigenvalue weighted by molar-refractivity contribution is 5.52. The Morgan fingerprint density at radius 1 is 1.10 bits per heavy atom. The first-order valence-electron chi connectivity index (χ1n) is 6.03. The van der Waals surface area contributed by atoms with Gasteiger partial charge in [-0.2, -0.15) is 0 Å². The van der Waals surface area contributed by atoms with Crippen LogP contribution in [0.25, 0.3) is 0 Å². The fraction of sp³-hybridized carbons (Fsp3) is 0.143. The van der Waals surface area contributed by atoms with Gasteiger partial charge < -0.3 is 5.32 Å². The van der Waals surface area contributed by atoms with Crippen molar-refractivity contribution in [2.24, 2.45) is 0 Å². The standard InChI is InChI=1S/C14H11F3N2O2/c1-8(9-2-3-13(16)14(17)4-9)18-11-5-10(15)6-12(7-11)19(20)21/h2-8,18H,1H3. The molecule has 0 aromatic heterocycles. The Morgan fingerprint density at radius 3 is 2.43 bits per heavy atom. The zero-order chi connectivity index (χ0) is 15.6. The van der Waals surface area contributed by atoms with Crippen molar-refractivity contribution in [3.8, 4) is 0 Å². The molecule has 4 nitrogen and oxygen atoms in total. The second-order valence-corrected chi connectivity index (χ2v) is 4.49. The smallest absolute Gasteiger partial charge is 0.274 e. The SMILES string of the molecule is CC(Nc1cc(F)cc([N+](=O)[O-])c1)c1ccc(F)c(F)c1. The molecule has 1 N–H and O–H groups in total. The topological polar surface area (TPSA) is 55.2 Å². The molecule has 0 spiro atoms. The van der Waals surface area contributed by atoms with E-state index < -0.39 is 34.1 Å². The highest BCUT2D eigenvalue weighted by atomic mass is 19.2. The summed E-state index contributed by atoms with van der Waals surface area (Å²) in [4.78, 5) is 9.95. The number of hydrogen-bond donors (Lipinski definition) is 1. The third-order valence-corrected chi connectivity index (χ3v) is 2.92. The summed E-state index contributed by atoms with van der Waals surface area (Å²) in [6.45, 7) is 1.64. The lowest BCUT2D eigenvalue weighted by Crippen LogP contribution is -2.08. The van der Waals surface area contributed by atoms with Crippen molar-refractivity contribution in [3.63, 3.8) is 0 Å². The minimum absolute atomic E-state index is 0.180. The van der Waals surface area contributed by atoms with Crippen LogP contribution in [0, 0.1) is 27.6 Å². The summed E-state index contributed by atoms with van der Waals surface area (Å²) in [5.41, 5.74) is 0.217. The molecule has 110 valence electrons. The second-order valence-electron chi connectivity index (χ2n) is 4.49. The molecule has 0 fully saturated rings. The highest BCUT2D eigenvalue weighted by Crippen LogP contribution is 2.25. The zero-order valence-corrected chi connectivity index (χ0v) is 10.9. The Kier molecular flexibility index (Phi) is 4.11. The number of nitrogens with one attached hydrogen (secondary N) is 1. The van der Waals surface area contributed by atoms with E-state index in [1.54, 1.807) is 6.92 Å². The lowest BCUT2D eigenvalue weighted by Gasteiger charge is -2.16. The van der Waals surface area contributed by atoms with E-state index in [1.165, 1.54) is 12.1 Å². The van der Waals surface area contributed by atoms with Gasteiger partial charge in [-0.15, -0.1) is 0 Å². The lowest BCUT2D eigenvalue weighted by atomic mass is 10.1. The van der Waals surface area contributed by atoms with Crippen LogP contribution < -0.4 is 5.32 Å². The minimum Gasteiger partial charge on any atom is -0.378 e. The molecule has 2 aromatic rings. The summed E-state index contributed by atoms with van der Waals surface area (Å²) < 4.78 is 39.3. The summed E-state index contributed by atoms with van der Waals surface area (Å²) in [5, 5.41) is 13.5. The molecule has 0 aliphatic carbocycles. The zero-order valence-electron chi connectivity index (χ0n) is 10.9. The Labute approximate surface area is 118 Å². The van der Waals surface area contributed by atoms with Crippen LogP contribution in [0.5, 0.6) is 0 Å². The Hall–Kier alpha value is -2.57. The number of rotatable bonds is 4. The molecule has 0 heterocycles. The van der Waals surface area contributed by atoms with Crippen molar-refractivity contribution in [3.05, 3.63) is 69.5 Å². The first-order valence-corrected chi connectivity index (χ1v) is 6.03. The Balaban J connectivity index is 2.24. The largest absolute Gasteiger partial charge is 0.378 e. The predicted molar refractivity (Wildman–Crippen MR) is 71.5 cm³/mol. The van der Waals surface area contributed by atoms with E-state index in [-0.39, 0.29) is 5.69 Å². The van der Waals surface area contributed by atoms with E-state index in [9.17, 15) is 23.3 Å². The number of nitro groups is 1. The van der Waals surface area contributed by atoms with Crippen molar-refractivity contribution in [2.75, 3.05) is 5.32 Å². The number of anilines is 1. The average molecular weight is 296 g/mol. The molecular weight excluding hydrogens is 285 g/mol. The quantitative estimate of drug-likeness (QED) is 0.680. The molecule has 0 saturated heterocycles. The van der Waals surface area contributed by atoms with Crippen LogP contribution in [-0.4, -0.2) is 4.92 Å². The third kappa shape index (κ3) is 3.50. The summed E-state index contributed by atoms with van der Waals surface area (Å²) in [6, 6.07) is 5.94. The first kappa shape index (κ1) is 14.8. The molecule has 1 unspecified atom stereocenters. The van der Waals surface area contributed by atoms with E-state index in [2.05, 4.69) is 5.32 Å². The molecule has 0 radical (unpaired) electrons. The van der Waals surface area contributed by atoms with Gasteiger partial charge in [0.05, 0.1) is 11.0 Å². The molecular formula is C14H11F3N2O2. The normalized spacial score (nSPS) is 12.0. The van der Waals surface area contributed by atoms with Crippen LogP contribution >= 0.6 is 0 Å². The molecule has 0 saturated carbocycles. The van der Waals surface area contributed by atoms with E-state index >= 15 is 0 Å². The van der Waals surface area contributed by atoms with E-state index in [1.807, 2.05) is 0 Å². The summed E-state index contributed by atoms with van der Waals surface area (Å²) in [6.07, 6.45) is 0. The molecule has 0 amide bonds. The van der Waals surface area contributed by atoms with E-state index in [0.29, 0.717) is 5.56 Å². The van der Waals surface area contributed by atoms with Gasteiger partial charge in [0, 0.05) is 17.8 Å². The number of nitro benzene ring substituents is 1. The maximum atomic E-state index is 13.3. The lowest BCUT2D eigenvalue weighted by molar-refractivity contribution is -0.385. The van der Waals surface area contributed by atoms with Gasteiger partial charge in [-0.05, 0) is 30.7 Å². The second kappa shape index (κ2) is 5.82. The van der Waals surface area contributed by atoms with Crippen LogP contribution in [0.4, 0.5) is 24.5 Å². The fourth-order valence-corrected chi connectivity index (χ4v) is 1.88. The van der Waals surface area contributed by atoms with Gasteiger partial charge in [-0.25, -0.2) is 13.2 Å². The molecule has 0 bridgehead atoms. The van der Waals surface area contributed by atoms with Gasteiger partial charge in [0.25, 0.3) is 5.69 Å².